The van der Waals surface area contributed by atoms with Gasteiger partial charge in [0.05, 0.1) is 6.61 Å². The first-order chi connectivity index (χ1) is 11.6. The molecule has 5 heteroatoms. The summed E-state index contributed by atoms with van der Waals surface area (Å²) in [5.74, 6) is 0.961. The molecule has 0 amide bonds. The lowest BCUT2D eigenvalue weighted by Crippen LogP contribution is -2.48. The Morgan fingerprint density at radius 1 is 1.21 bits per heavy atom. The van der Waals surface area contributed by atoms with E-state index in [4.69, 9.17) is 16.3 Å². The van der Waals surface area contributed by atoms with Crippen molar-refractivity contribution in [1.82, 2.24) is 9.80 Å². The zero-order chi connectivity index (χ0) is 17.4. The van der Waals surface area contributed by atoms with E-state index in [1.165, 1.54) is 5.69 Å². The summed E-state index contributed by atoms with van der Waals surface area (Å²) in [7, 11) is 2.09. The Morgan fingerprint density at radius 2 is 1.88 bits per heavy atom. The SMILES string of the molecule is C=C(Cl)CN(C)CCN1CCN(c2ccc(OCCC)cc2)CC1. The lowest BCUT2D eigenvalue weighted by Gasteiger charge is -2.36. The second kappa shape index (κ2) is 9.92. The van der Waals surface area contributed by atoms with Gasteiger partial charge in [-0.3, -0.25) is 9.80 Å². The van der Waals surface area contributed by atoms with Gasteiger partial charge < -0.3 is 9.64 Å². The maximum atomic E-state index is 5.85. The first-order valence-electron chi connectivity index (χ1n) is 8.80. The lowest BCUT2D eigenvalue weighted by molar-refractivity contribution is 0.222. The average molecular weight is 352 g/mol. The number of rotatable bonds is 9. The van der Waals surface area contributed by atoms with Crippen LogP contribution in [0.3, 0.4) is 0 Å². The van der Waals surface area contributed by atoms with Crippen molar-refractivity contribution in [2.24, 2.45) is 0 Å². The van der Waals surface area contributed by atoms with Crippen LogP contribution in [0.25, 0.3) is 0 Å². The van der Waals surface area contributed by atoms with Gasteiger partial charge in [0.1, 0.15) is 5.75 Å². The molecule has 4 nitrogen and oxygen atoms in total. The molecule has 1 heterocycles. The number of hydrogen-bond donors (Lipinski definition) is 0. The number of halogens is 1. The summed E-state index contributed by atoms with van der Waals surface area (Å²) in [4.78, 5) is 7.18. The van der Waals surface area contributed by atoms with Crippen molar-refractivity contribution < 1.29 is 4.74 Å². The molecule has 0 saturated carbocycles. The summed E-state index contributed by atoms with van der Waals surface area (Å²) in [5.41, 5.74) is 1.29. The van der Waals surface area contributed by atoms with Gasteiger partial charge >= 0.3 is 0 Å². The molecule has 0 radical (unpaired) electrons. The molecular formula is C19H30ClN3O. The topological polar surface area (TPSA) is 19.0 Å². The molecule has 1 aromatic carbocycles. The molecule has 0 N–H and O–H groups in total. The van der Waals surface area contributed by atoms with Crippen molar-refractivity contribution in [3.05, 3.63) is 35.9 Å². The van der Waals surface area contributed by atoms with E-state index in [1.807, 2.05) is 0 Å². The second-order valence-corrected chi connectivity index (χ2v) is 6.96. The third kappa shape index (κ3) is 6.34. The molecule has 0 aliphatic carbocycles. The van der Waals surface area contributed by atoms with E-state index in [2.05, 4.69) is 59.5 Å². The van der Waals surface area contributed by atoms with Crippen LogP contribution in [-0.2, 0) is 0 Å². The van der Waals surface area contributed by atoms with Crippen LogP contribution < -0.4 is 9.64 Å². The molecule has 1 fully saturated rings. The molecule has 24 heavy (non-hydrogen) atoms. The van der Waals surface area contributed by atoms with Gasteiger partial charge in [-0.05, 0) is 37.7 Å². The molecule has 0 unspecified atom stereocenters. The van der Waals surface area contributed by atoms with Crippen molar-refractivity contribution in [3.8, 4) is 5.75 Å². The minimum absolute atomic E-state index is 0.702. The fourth-order valence-electron chi connectivity index (χ4n) is 2.89. The molecule has 0 bridgehead atoms. The summed E-state index contributed by atoms with van der Waals surface area (Å²) in [6, 6.07) is 8.48. The summed E-state index contributed by atoms with van der Waals surface area (Å²) in [6.07, 6.45) is 1.04. The first kappa shape index (κ1) is 19.1. The van der Waals surface area contributed by atoms with Crippen molar-refractivity contribution >= 4 is 17.3 Å². The molecule has 0 aromatic heterocycles. The van der Waals surface area contributed by atoms with Crippen LogP contribution in [0.2, 0.25) is 0 Å². The quantitative estimate of drug-likeness (QED) is 0.679. The van der Waals surface area contributed by atoms with E-state index in [9.17, 15) is 0 Å². The third-order valence-corrected chi connectivity index (χ3v) is 4.41. The maximum Gasteiger partial charge on any atom is 0.119 e. The fourth-order valence-corrected chi connectivity index (χ4v) is 3.09. The number of benzene rings is 1. The molecule has 0 atom stereocenters. The number of piperazine rings is 1. The highest BCUT2D eigenvalue weighted by Crippen LogP contribution is 2.21. The number of hydrogen-bond acceptors (Lipinski definition) is 4. The summed E-state index contributed by atoms with van der Waals surface area (Å²) in [5, 5.41) is 0.702. The van der Waals surface area contributed by atoms with Crippen molar-refractivity contribution in [1.29, 1.82) is 0 Å². The van der Waals surface area contributed by atoms with Crippen LogP contribution >= 0.6 is 11.6 Å². The highest BCUT2D eigenvalue weighted by molar-refractivity contribution is 6.29. The maximum absolute atomic E-state index is 5.85. The standard InChI is InChI=1S/C19H30ClN3O/c1-4-15-24-19-7-5-18(6-8-19)23-13-11-22(12-14-23)10-9-21(3)16-17(2)20/h5-8H,2,4,9-16H2,1,3H3. The van der Waals surface area contributed by atoms with Crippen LogP contribution in [0.4, 0.5) is 5.69 Å². The van der Waals surface area contributed by atoms with Crippen LogP contribution in [0, 0.1) is 0 Å². The van der Waals surface area contributed by atoms with E-state index in [0.29, 0.717) is 5.03 Å². The van der Waals surface area contributed by atoms with Gasteiger partial charge in [0.2, 0.25) is 0 Å². The molecule has 1 aliphatic heterocycles. The molecule has 2 rings (SSSR count). The van der Waals surface area contributed by atoms with E-state index < -0.39 is 0 Å². The van der Waals surface area contributed by atoms with Gasteiger partial charge in [-0.1, -0.05) is 25.1 Å². The van der Waals surface area contributed by atoms with Gasteiger partial charge in [0, 0.05) is 56.5 Å². The predicted molar refractivity (Wildman–Crippen MR) is 103 cm³/mol. The molecular weight excluding hydrogens is 322 g/mol. The molecule has 0 spiro atoms. The normalized spacial score (nSPS) is 15.8. The fraction of sp³-hybridized carbons (Fsp3) is 0.579. The van der Waals surface area contributed by atoms with E-state index in [1.54, 1.807) is 0 Å². The number of likely N-dealkylation sites (N-methyl/N-ethyl adjacent to an activating group) is 1. The van der Waals surface area contributed by atoms with Gasteiger partial charge in [-0.2, -0.15) is 0 Å². The third-order valence-electron chi connectivity index (χ3n) is 4.29. The van der Waals surface area contributed by atoms with E-state index in [-0.39, 0.29) is 0 Å². The minimum Gasteiger partial charge on any atom is -0.494 e. The zero-order valence-electron chi connectivity index (χ0n) is 15.0. The average Bonchev–Trinajstić information content (AvgIpc) is 2.58. The Bertz CT molecular complexity index is 498. The van der Waals surface area contributed by atoms with Gasteiger partial charge in [-0.15, -0.1) is 0 Å². The molecule has 1 aliphatic rings. The summed E-state index contributed by atoms with van der Waals surface area (Å²) < 4.78 is 5.65. The predicted octanol–water partition coefficient (Wildman–Crippen LogP) is 3.28. The Balaban J connectivity index is 1.73. The Morgan fingerprint density at radius 3 is 2.46 bits per heavy atom. The van der Waals surface area contributed by atoms with Crippen molar-refractivity contribution in [3.63, 3.8) is 0 Å². The zero-order valence-corrected chi connectivity index (χ0v) is 15.8. The van der Waals surface area contributed by atoms with Crippen LogP contribution in [0.1, 0.15) is 13.3 Å². The first-order valence-corrected chi connectivity index (χ1v) is 9.18. The Hall–Kier alpha value is -1.23. The molecule has 1 aromatic rings. The second-order valence-electron chi connectivity index (χ2n) is 6.43. The number of nitrogens with zero attached hydrogens (tertiary/aromatic N) is 3. The largest absolute Gasteiger partial charge is 0.494 e. The smallest absolute Gasteiger partial charge is 0.119 e. The van der Waals surface area contributed by atoms with Crippen LogP contribution in [-0.4, -0.2) is 69.3 Å². The van der Waals surface area contributed by atoms with Gasteiger partial charge in [-0.25, -0.2) is 0 Å². The number of ether oxygens (including phenoxy) is 1. The summed E-state index contributed by atoms with van der Waals surface area (Å²) in [6.45, 7) is 13.9. The van der Waals surface area contributed by atoms with Gasteiger partial charge in [0.25, 0.3) is 0 Å². The van der Waals surface area contributed by atoms with Crippen molar-refractivity contribution in [2.75, 3.05) is 64.4 Å². The van der Waals surface area contributed by atoms with Gasteiger partial charge in [0.15, 0.2) is 0 Å². The number of anilines is 1. The van der Waals surface area contributed by atoms with Crippen LogP contribution in [0.5, 0.6) is 5.75 Å². The van der Waals surface area contributed by atoms with E-state index >= 15 is 0 Å². The molecule has 134 valence electrons. The monoisotopic (exact) mass is 351 g/mol. The minimum atomic E-state index is 0.702. The molecule has 1 saturated heterocycles. The van der Waals surface area contributed by atoms with Crippen LogP contribution in [0.15, 0.2) is 35.9 Å². The van der Waals surface area contributed by atoms with Crippen molar-refractivity contribution in [2.45, 2.75) is 13.3 Å². The highest BCUT2D eigenvalue weighted by Gasteiger charge is 2.17. The Kier molecular flexibility index (Phi) is 7.89. The lowest BCUT2D eigenvalue weighted by atomic mass is 10.2. The Labute approximate surface area is 151 Å². The highest BCUT2D eigenvalue weighted by atomic mass is 35.5. The summed E-state index contributed by atoms with van der Waals surface area (Å²) >= 11 is 5.85. The van der Waals surface area contributed by atoms with E-state index in [0.717, 1.165) is 64.6 Å².